The minimum absolute atomic E-state index is 0.286. The highest BCUT2D eigenvalue weighted by atomic mass is 32.2. The largest absolute Gasteiger partial charge is 0.388 e. The summed E-state index contributed by atoms with van der Waals surface area (Å²) in [6.45, 7) is 6.64. The number of aliphatic hydroxyl groups is 2. The Morgan fingerprint density at radius 3 is 2.72 bits per heavy atom. The molecule has 0 aromatic rings. The molecule has 3 aliphatic rings. The molecule has 0 unspecified atom stereocenters. The van der Waals surface area contributed by atoms with E-state index in [1.54, 1.807) is 0 Å². The second kappa shape index (κ2) is 8.51. The van der Waals surface area contributed by atoms with Crippen LogP contribution in [0.4, 0.5) is 0 Å². The molecule has 9 heteroatoms. The second-order valence-electron chi connectivity index (χ2n) is 6.89. The van der Waals surface area contributed by atoms with Crippen LogP contribution < -0.4 is 0 Å². The Morgan fingerprint density at radius 2 is 2.04 bits per heavy atom. The lowest BCUT2D eigenvalue weighted by Crippen LogP contribution is -2.58. The molecule has 2 fully saturated rings. The summed E-state index contributed by atoms with van der Waals surface area (Å²) in [6, 6.07) is -0.436. The van der Waals surface area contributed by atoms with Crippen LogP contribution in [-0.4, -0.2) is 115 Å². The fourth-order valence-corrected chi connectivity index (χ4v) is 4.41. The molecule has 2 N–H and O–H groups in total. The van der Waals surface area contributed by atoms with E-state index in [0.717, 1.165) is 38.0 Å². The number of morpholine rings is 1. The van der Waals surface area contributed by atoms with Crippen LogP contribution in [0, 0.1) is 0 Å². The summed E-state index contributed by atoms with van der Waals surface area (Å²) < 4.78 is 17.3. The number of ether oxygens (including phenoxy) is 3. The monoisotopic (exact) mass is 375 g/mol. The van der Waals surface area contributed by atoms with Gasteiger partial charge in [-0.05, 0) is 6.92 Å². The van der Waals surface area contributed by atoms with Gasteiger partial charge in [-0.3, -0.25) is 9.89 Å². The van der Waals surface area contributed by atoms with Crippen molar-refractivity contribution in [3.63, 3.8) is 0 Å². The zero-order chi connectivity index (χ0) is 18.0. The number of thioether (sulfide) groups is 1. The van der Waals surface area contributed by atoms with Crippen LogP contribution in [0.2, 0.25) is 0 Å². The first-order valence-corrected chi connectivity index (χ1v) is 9.70. The average Bonchev–Trinajstić information content (AvgIpc) is 3.03. The van der Waals surface area contributed by atoms with Gasteiger partial charge in [-0.2, -0.15) is 0 Å². The van der Waals surface area contributed by atoms with Crippen molar-refractivity contribution in [2.45, 2.75) is 42.8 Å². The van der Waals surface area contributed by atoms with Gasteiger partial charge >= 0.3 is 0 Å². The third kappa shape index (κ3) is 4.47. The minimum Gasteiger partial charge on any atom is -0.388 e. The third-order valence-electron chi connectivity index (χ3n) is 4.82. The summed E-state index contributed by atoms with van der Waals surface area (Å²) in [4.78, 5) is 8.66. The van der Waals surface area contributed by atoms with Crippen molar-refractivity contribution in [1.29, 1.82) is 0 Å². The topological polar surface area (TPSA) is 87.0 Å². The molecule has 0 radical (unpaired) electrons. The lowest BCUT2D eigenvalue weighted by atomic mass is 9.95. The van der Waals surface area contributed by atoms with E-state index in [1.807, 2.05) is 25.9 Å². The molecular formula is C16H29N3O5S. The molecule has 3 heterocycles. The maximum atomic E-state index is 10.5. The van der Waals surface area contributed by atoms with Gasteiger partial charge < -0.3 is 29.3 Å². The molecule has 6 atom stereocenters. The van der Waals surface area contributed by atoms with Gasteiger partial charge in [0.2, 0.25) is 0 Å². The summed E-state index contributed by atoms with van der Waals surface area (Å²) in [7, 11) is 3.81. The summed E-state index contributed by atoms with van der Waals surface area (Å²) in [5.74, 6) is 0. The van der Waals surface area contributed by atoms with Gasteiger partial charge in [-0.25, -0.2) is 0 Å². The molecule has 2 saturated heterocycles. The predicted octanol–water partition coefficient (Wildman–Crippen LogP) is -0.797. The molecule has 3 rings (SSSR count). The molecule has 25 heavy (non-hydrogen) atoms. The lowest BCUT2D eigenvalue weighted by Gasteiger charge is -2.40. The highest BCUT2D eigenvalue weighted by Crippen LogP contribution is 2.38. The van der Waals surface area contributed by atoms with Crippen molar-refractivity contribution in [2.24, 2.45) is 4.99 Å². The molecule has 3 aliphatic heterocycles. The SMILES string of the molecule is C[C@H](OCCN1CCOCC1)[C@H]1O[C@@H]2SC(N(C)C)=N[C@@H]2[C@@H](O)[C@@H]1O. The van der Waals surface area contributed by atoms with Crippen LogP contribution in [0.25, 0.3) is 0 Å². The van der Waals surface area contributed by atoms with Gasteiger partial charge in [0.15, 0.2) is 5.17 Å². The number of rotatable bonds is 5. The number of aliphatic hydroxyl groups excluding tert-OH is 2. The first kappa shape index (κ1) is 19.3. The number of aliphatic imine (C=N–C) groups is 1. The first-order chi connectivity index (χ1) is 12.0. The van der Waals surface area contributed by atoms with E-state index in [1.165, 1.54) is 11.8 Å². The molecule has 0 aromatic carbocycles. The van der Waals surface area contributed by atoms with E-state index in [2.05, 4.69) is 9.89 Å². The number of amidine groups is 1. The molecule has 0 amide bonds. The van der Waals surface area contributed by atoms with Gasteiger partial charge in [0.1, 0.15) is 29.8 Å². The second-order valence-corrected chi connectivity index (χ2v) is 7.96. The zero-order valence-corrected chi connectivity index (χ0v) is 15.9. The Hall–Kier alpha value is -0.420. The molecule has 0 spiro atoms. The molecule has 0 aromatic heterocycles. The summed E-state index contributed by atoms with van der Waals surface area (Å²) in [5, 5.41) is 21.7. The van der Waals surface area contributed by atoms with Gasteiger partial charge in [-0.1, -0.05) is 11.8 Å². The minimum atomic E-state index is -1.01. The van der Waals surface area contributed by atoms with E-state index in [9.17, 15) is 10.2 Å². The van der Waals surface area contributed by atoms with Crippen LogP contribution in [-0.2, 0) is 14.2 Å². The number of fused-ring (bicyclic) bond motifs is 1. The van der Waals surface area contributed by atoms with E-state index in [0.29, 0.717) is 6.61 Å². The highest BCUT2D eigenvalue weighted by molar-refractivity contribution is 8.14. The van der Waals surface area contributed by atoms with Crippen LogP contribution in [0.5, 0.6) is 0 Å². The highest BCUT2D eigenvalue weighted by Gasteiger charge is 2.50. The smallest absolute Gasteiger partial charge is 0.161 e. The van der Waals surface area contributed by atoms with Crippen molar-refractivity contribution in [2.75, 3.05) is 53.6 Å². The van der Waals surface area contributed by atoms with Crippen molar-refractivity contribution in [3.8, 4) is 0 Å². The maximum absolute atomic E-state index is 10.5. The molecule has 0 saturated carbocycles. The van der Waals surface area contributed by atoms with Crippen molar-refractivity contribution in [1.82, 2.24) is 9.80 Å². The molecule has 144 valence electrons. The Morgan fingerprint density at radius 1 is 1.32 bits per heavy atom. The summed E-state index contributed by atoms with van der Waals surface area (Å²) in [6.07, 6.45) is -2.83. The van der Waals surface area contributed by atoms with E-state index in [4.69, 9.17) is 14.2 Å². The normalized spacial score (nSPS) is 37.5. The van der Waals surface area contributed by atoms with E-state index < -0.39 is 24.4 Å². The van der Waals surface area contributed by atoms with E-state index >= 15 is 0 Å². The molecule has 8 nitrogen and oxygen atoms in total. The third-order valence-corrected chi connectivity index (χ3v) is 6.13. The van der Waals surface area contributed by atoms with Crippen molar-refractivity contribution in [3.05, 3.63) is 0 Å². The van der Waals surface area contributed by atoms with Gasteiger partial charge in [0.25, 0.3) is 0 Å². The van der Waals surface area contributed by atoms with Crippen molar-refractivity contribution >= 4 is 16.9 Å². The maximum Gasteiger partial charge on any atom is 0.161 e. The summed E-state index contributed by atoms with van der Waals surface area (Å²) in [5.41, 5.74) is -0.286. The fraction of sp³-hybridized carbons (Fsp3) is 0.938. The molecule has 0 bridgehead atoms. The van der Waals surface area contributed by atoms with Crippen LogP contribution in [0.3, 0.4) is 0 Å². The van der Waals surface area contributed by atoms with Crippen LogP contribution in [0.15, 0.2) is 4.99 Å². The van der Waals surface area contributed by atoms with E-state index in [-0.39, 0.29) is 11.5 Å². The van der Waals surface area contributed by atoms with Crippen LogP contribution in [0.1, 0.15) is 6.92 Å². The van der Waals surface area contributed by atoms with Gasteiger partial charge in [0, 0.05) is 33.7 Å². The fourth-order valence-electron chi connectivity index (χ4n) is 3.27. The average molecular weight is 375 g/mol. The number of hydrogen-bond donors (Lipinski definition) is 2. The molecular weight excluding hydrogens is 346 g/mol. The predicted molar refractivity (Wildman–Crippen MR) is 95.8 cm³/mol. The zero-order valence-electron chi connectivity index (χ0n) is 15.1. The number of nitrogens with zero attached hydrogens (tertiary/aromatic N) is 3. The van der Waals surface area contributed by atoms with Gasteiger partial charge in [0.05, 0.1) is 25.9 Å². The Labute approximate surface area is 153 Å². The van der Waals surface area contributed by atoms with Crippen LogP contribution >= 0.6 is 11.8 Å². The van der Waals surface area contributed by atoms with Gasteiger partial charge in [-0.15, -0.1) is 0 Å². The quantitative estimate of drug-likeness (QED) is 0.646. The Kier molecular flexibility index (Phi) is 6.59. The molecule has 0 aliphatic carbocycles. The number of hydrogen-bond acceptors (Lipinski definition) is 9. The summed E-state index contributed by atoms with van der Waals surface area (Å²) >= 11 is 1.48. The first-order valence-electron chi connectivity index (χ1n) is 8.82. The Bertz CT molecular complexity index is 475. The Balaban J connectivity index is 1.50. The standard InChI is InChI=1S/C16H29N3O5S/c1-10(23-9-6-19-4-7-22-8-5-19)14-13(21)12(20)11-15(24-14)25-16(17-11)18(2)3/h10-15,20-21H,4-9H2,1-3H3/t10-,11+,12+,13-,14+,15+/m0/s1. The lowest BCUT2D eigenvalue weighted by molar-refractivity contribution is -0.191. The van der Waals surface area contributed by atoms with Crippen molar-refractivity contribution < 1.29 is 24.4 Å².